The van der Waals surface area contributed by atoms with E-state index in [0.717, 1.165) is 0 Å². The monoisotopic (exact) mass is 267 g/mol. The minimum Gasteiger partial charge on any atom is -0.460 e. The third-order valence-electron chi connectivity index (χ3n) is 3.82. The average molecular weight is 267 g/mol. The molecule has 0 aromatic rings. The summed E-state index contributed by atoms with van der Waals surface area (Å²) in [6.45, 7) is 6.60. The third kappa shape index (κ3) is 1.87. The van der Waals surface area contributed by atoms with Crippen LogP contribution < -0.4 is 0 Å². The molecule has 2 aliphatic rings. The summed E-state index contributed by atoms with van der Waals surface area (Å²) in [5.41, 5.74) is 0. The Morgan fingerprint density at radius 3 is 2.74 bits per heavy atom. The van der Waals surface area contributed by atoms with Gasteiger partial charge >= 0.3 is 5.97 Å². The first-order valence-electron chi connectivity index (χ1n) is 6.23. The lowest BCUT2D eigenvalue weighted by atomic mass is 9.79. The van der Waals surface area contributed by atoms with Gasteiger partial charge in [-0.15, -0.1) is 0 Å². The van der Waals surface area contributed by atoms with Crippen molar-refractivity contribution >= 4 is 17.7 Å². The number of ether oxygens (including phenoxy) is 1. The topological polar surface area (TPSA) is 83.9 Å². The molecule has 0 aromatic heterocycles. The van der Waals surface area contributed by atoms with Crippen LogP contribution in [0, 0.1) is 11.8 Å². The van der Waals surface area contributed by atoms with Gasteiger partial charge in [-0.3, -0.25) is 9.59 Å². The van der Waals surface area contributed by atoms with Gasteiger partial charge in [0, 0.05) is 5.92 Å². The predicted molar refractivity (Wildman–Crippen MR) is 64.9 cm³/mol. The Hall–Kier alpha value is -1.69. The van der Waals surface area contributed by atoms with E-state index in [9.17, 15) is 19.5 Å². The summed E-state index contributed by atoms with van der Waals surface area (Å²) in [7, 11) is 0. The lowest BCUT2D eigenvalue weighted by molar-refractivity contribution is -0.172. The highest BCUT2D eigenvalue weighted by molar-refractivity contribution is 6.12. The SMILES string of the molecule is C=CCOC(=O)C1C(=O)[C@H](C)[C@@H]2[C@@H](C(C)O)C(=O)N12. The van der Waals surface area contributed by atoms with Crippen LogP contribution in [0.3, 0.4) is 0 Å². The van der Waals surface area contributed by atoms with Gasteiger partial charge in [0.1, 0.15) is 6.61 Å². The number of aliphatic hydroxyl groups is 1. The van der Waals surface area contributed by atoms with Crippen molar-refractivity contribution in [1.82, 2.24) is 4.90 Å². The van der Waals surface area contributed by atoms with Gasteiger partial charge in [0.25, 0.3) is 0 Å². The lowest BCUT2D eigenvalue weighted by Crippen LogP contribution is -2.65. The van der Waals surface area contributed by atoms with E-state index in [0.29, 0.717) is 0 Å². The molecule has 5 atom stereocenters. The number of amides is 1. The molecule has 2 unspecified atom stereocenters. The molecular formula is C13H17NO5. The van der Waals surface area contributed by atoms with Gasteiger partial charge < -0.3 is 14.7 Å². The Morgan fingerprint density at radius 1 is 1.58 bits per heavy atom. The molecule has 2 aliphatic heterocycles. The molecule has 0 radical (unpaired) electrons. The number of hydrogen-bond donors (Lipinski definition) is 1. The fourth-order valence-electron chi connectivity index (χ4n) is 2.90. The number of esters is 1. The van der Waals surface area contributed by atoms with Crippen molar-refractivity contribution in [3.63, 3.8) is 0 Å². The average Bonchev–Trinajstić information content (AvgIpc) is 2.57. The molecular weight excluding hydrogens is 250 g/mol. The van der Waals surface area contributed by atoms with E-state index in [1.807, 2.05) is 0 Å². The number of carbonyl (C=O) groups is 3. The Balaban J connectivity index is 2.20. The number of rotatable bonds is 4. The number of fused-ring (bicyclic) bond motifs is 1. The summed E-state index contributed by atoms with van der Waals surface area (Å²) < 4.78 is 4.86. The minimum atomic E-state index is -1.16. The van der Waals surface area contributed by atoms with Gasteiger partial charge in [-0.2, -0.15) is 0 Å². The Kier molecular flexibility index (Phi) is 3.45. The Morgan fingerprint density at radius 2 is 2.21 bits per heavy atom. The number of carbonyl (C=O) groups excluding carboxylic acids is 3. The normalized spacial score (nSPS) is 34.6. The van der Waals surface area contributed by atoms with Crippen LogP contribution in [0.2, 0.25) is 0 Å². The molecule has 2 fully saturated rings. The second-order valence-electron chi connectivity index (χ2n) is 5.01. The van der Waals surface area contributed by atoms with E-state index in [2.05, 4.69) is 6.58 Å². The molecule has 19 heavy (non-hydrogen) atoms. The van der Waals surface area contributed by atoms with Crippen LogP contribution in [-0.2, 0) is 19.1 Å². The van der Waals surface area contributed by atoms with E-state index < -0.39 is 36.0 Å². The maximum Gasteiger partial charge on any atom is 0.337 e. The van der Waals surface area contributed by atoms with Crippen molar-refractivity contribution in [2.24, 2.45) is 11.8 Å². The summed E-state index contributed by atoms with van der Waals surface area (Å²) in [5.74, 6) is -2.47. The van der Waals surface area contributed by atoms with Crippen molar-refractivity contribution in [1.29, 1.82) is 0 Å². The fraction of sp³-hybridized carbons (Fsp3) is 0.615. The summed E-state index contributed by atoms with van der Waals surface area (Å²) in [6, 6.07) is -1.57. The molecule has 0 spiro atoms. The highest BCUT2D eigenvalue weighted by atomic mass is 16.5. The molecule has 1 amide bonds. The van der Waals surface area contributed by atoms with E-state index in [1.165, 1.54) is 17.9 Å². The van der Waals surface area contributed by atoms with E-state index >= 15 is 0 Å². The largest absolute Gasteiger partial charge is 0.460 e. The summed E-state index contributed by atoms with van der Waals surface area (Å²) in [4.78, 5) is 37.1. The van der Waals surface area contributed by atoms with Gasteiger partial charge in [0.15, 0.2) is 11.8 Å². The van der Waals surface area contributed by atoms with Gasteiger partial charge in [0.05, 0.1) is 18.1 Å². The summed E-state index contributed by atoms with van der Waals surface area (Å²) in [5, 5.41) is 9.57. The smallest absolute Gasteiger partial charge is 0.337 e. The second-order valence-corrected chi connectivity index (χ2v) is 5.01. The molecule has 0 aliphatic carbocycles. The number of nitrogens with zero attached hydrogens (tertiary/aromatic N) is 1. The highest BCUT2D eigenvalue weighted by Crippen LogP contribution is 2.43. The molecule has 1 N–H and O–H groups in total. The van der Waals surface area contributed by atoms with Gasteiger partial charge in [-0.1, -0.05) is 19.6 Å². The lowest BCUT2D eigenvalue weighted by Gasteiger charge is -2.46. The molecule has 104 valence electrons. The summed E-state index contributed by atoms with van der Waals surface area (Å²) >= 11 is 0. The molecule has 0 saturated carbocycles. The summed E-state index contributed by atoms with van der Waals surface area (Å²) in [6.07, 6.45) is 0.571. The molecule has 6 heteroatoms. The molecule has 0 aromatic carbocycles. The first kappa shape index (κ1) is 13.7. The fourth-order valence-corrected chi connectivity index (χ4v) is 2.90. The molecule has 6 nitrogen and oxygen atoms in total. The zero-order valence-corrected chi connectivity index (χ0v) is 10.9. The van der Waals surface area contributed by atoms with Gasteiger partial charge in [-0.05, 0) is 6.92 Å². The highest BCUT2D eigenvalue weighted by Gasteiger charge is 2.64. The number of Topliss-reactive ketones (excluding diaryl/α,β-unsaturated/α-hetero) is 1. The number of ketones is 1. The van der Waals surface area contributed by atoms with Crippen molar-refractivity contribution in [2.45, 2.75) is 32.0 Å². The van der Waals surface area contributed by atoms with E-state index in [4.69, 9.17) is 4.74 Å². The van der Waals surface area contributed by atoms with Crippen LogP contribution in [0.15, 0.2) is 12.7 Å². The van der Waals surface area contributed by atoms with Crippen molar-refractivity contribution in [3.8, 4) is 0 Å². The predicted octanol–water partition coefficient (Wildman–Crippen LogP) is -0.489. The zero-order chi connectivity index (χ0) is 14.3. The van der Waals surface area contributed by atoms with E-state index in [-0.39, 0.29) is 18.3 Å². The Bertz CT molecular complexity index is 444. The number of β-lactam (4-membered cyclic amide) rings is 1. The van der Waals surface area contributed by atoms with Crippen LogP contribution >= 0.6 is 0 Å². The molecule has 2 rings (SSSR count). The third-order valence-corrected chi connectivity index (χ3v) is 3.82. The maximum atomic E-state index is 12.1. The number of aliphatic hydroxyl groups excluding tert-OH is 1. The molecule has 2 heterocycles. The quantitative estimate of drug-likeness (QED) is 0.321. The van der Waals surface area contributed by atoms with Crippen molar-refractivity contribution in [3.05, 3.63) is 12.7 Å². The van der Waals surface area contributed by atoms with Crippen LogP contribution in [0.5, 0.6) is 0 Å². The maximum absolute atomic E-state index is 12.1. The van der Waals surface area contributed by atoms with Crippen molar-refractivity contribution in [2.75, 3.05) is 6.61 Å². The van der Waals surface area contributed by atoms with Crippen LogP contribution in [0.1, 0.15) is 13.8 Å². The van der Waals surface area contributed by atoms with E-state index in [1.54, 1.807) is 6.92 Å². The first-order valence-corrected chi connectivity index (χ1v) is 6.23. The Labute approximate surface area is 111 Å². The zero-order valence-electron chi connectivity index (χ0n) is 10.9. The molecule has 2 saturated heterocycles. The minimum absolute atomic E-state index is 0.00349. The van der Waals surface area contributed by atoms with Gasteiger partial charge in [-0.25, -0.2) is 4.79 Å². The standard InChI is InChI=1S/C13H17NO5/c1-4-5-19-13(18)10-11(16)6(2)9-8(7(3)15)12(17)14(9)10/h4,6-10,15H,1,5H2,2-3H3/t6-,7?,8-,9-,10?/m1/s1. The number of hydrogen-bond acceptors (Lipinski definition) is 5. The van der Waals surface area contributed by atoms with Crippen LogP contribution in [0.25, 0.3) is 0 Å². The van der Waals surface area contributed by atoms with Crippen molar-refractivity contribution < 1.29 is 24.2 Å². The molecule has 0 bridgehead atoms. The van der Waals surface area contributed by atoms with Gasteiger partial charge in [0.2, 0.25) is 5.91 Å². The first-order chi connectivity index (χ1) is 8.91. The van der Waals surface area contributed by atoms with Crippen LogP contribution in [0.4, 0.5) is 0 Å². The van der Waals surface area contributed by atoms with Crippen LogP contribution in [-0.4, -0.2) is 52.5 Å². The second kappa shape index (κ2) is 4.77.